The van der Waals surface area contributed by atoms with Gasteiger partial charge in [0.15, 0.2) is 0 Å². The van der Waals surface area contributed by atoms with E-state index in [0.717, 1.165) is 24.2 Å². The van der Waals surface area contributed by atoms with Crippen LogP contribution < -0.4 is 0 Å². The van der Waals surface area contributed by atoms with Gasteiger partial charge in [-0.3, -0.25) is 4.90 Å². The number of aromatic nitrogens is 2. The Kier molecular flexibility index (Phi) is 4.03. The third kappa shape index (κ3) is 3.31. The molecule has 0 N–H and O–H groups in total. The number of morpholine rings is 1. The molecule has 112 valence electrons. The molecule has 0 saturated carbocycles. The average Bonchev–Trinajstić information content (AvgIpc) is 2.86. The molecule has 2 atom stereocenters. The van der Waals surface area contributed by atoms with Crippen molar-refractivity contribution in [3.05, 3.63) is 35.7 Å². The van der Waals surface area contributed by atoms with Crippen molar-refractivity contribution in [3.63, 3.8) is 0 Å². The van der Waals surface area contributed by atoms with Crippen LogP contribution in [-0.2, 0) is 11.3 Å². The fourth-order valence-corrected chi connectivity index (χ4v) is 2.86. The molecule has 1 fully saturated rings. The van der Waals surface area contributed by atoms with Crippen LogP contribution in [0.15, 0.2) is 28.8 Å². The first-order valence-electron chi connectivity index (χ1n) is 7.38. The Bertz CT molecular complexity index is 601. The topological polar surface area (TPSA) is 51.4 Å². The molecule has 1 aromatic carbocycles. The van der Waals surface area contributed by atoms with E-state index < -0.39 is 0 Å². The fraction of sp³-hybridized carbons (Fsp3) is 0.500. The van der Waals surface area contributed by atoms with Crippen LogP contribution in [0.2, 0.25) is 0 Å². The second kappa shape index (κ2) is 5.95. The van der Waals surface area contributed by atoms with Crippen LogP contribution in [-0.4, -0.2) is 40.3 Å². The summed E-state index contributed by atoms with van der Waals surface area (Å²) < 4.78 is 11.1. The van der Waals surface area contributed by atoms with Gasteiger partial charge in [-0.15, -0.1) is 0 Å². The van der Waals surface area contributed by atoms with Gasteiger partial charge in [-0.1, -0.05) is 29.4 Å². The molecule has 0 amide bonds. The lowest BCUT2D eigenvalue weighted by Gasteiger charge is -2.34. The SMILES string of the molecule is Cc1ccccc1-c1noc(CN2C[C@H](C)O[C@@H](C)C2)n1. The standard InChI is InChI=1S/C16H21N3O2/c1-11-6-4-5-7-14(11)16-17-15(21-18-16)10-19-8-12(2)20-13(3)9-19/h4-7,12-13H,8-10H2,1-3H3/t12-,13-/m0/s1. The van der Waals surface area contributed by atoms with Crippen molar-refractivity contribution in [2.45, 2.75) is 39.5 Å². The predicted octanol–water partition coefficient (Wildman–Crippen LogP) is 2.65. The van der Waals surface area contributed by atoms with Crippen molar-refractivity contribution in [1.29, 1.82) is 0 Å². The Morgan fingerprint density at radius 2 is 1.90 bits per heavy atom. The van der Waals surface area contributed by atoms with Gasteiger partial charge in [0.2, 0.25) is 11.7 Å². The number of benzene rings is 1. The fourth-order valence-electron chi connectivity index (χ4n) is 2.86. The van der Waals surface area contributed by atoms with Crippen LogP contribution in [0.3, 0.4) is 0 Å². The molecule has 2 heterocycles. The number of ether oxygens (including phenoxy) is 1. The lowest BCUT2D eigenvalue weighted by molar-refractivity contribution is -0.0725. The van der Waals surface area contributed by atoms with Gasteiger partial charge in [0.1, 0.15) is 0 Å². The molecule has 1 aromatic heterocycles. The quantitative estimate of drug-likeness (QED) is 0.868. The summed E-state index contributed by atoms with van der Waals surface area (Å²) in [5.74, 6) is 1.33. The summed E-state index contributed by atoms with van der Waals surface area (Å²) in [6, 6.07) is 8.07. The minimum Gasteiger partial charge on any atom is -0.373 e. The molecule has 2 aromatic rings. The van der Waals surface area contributed by atoms with Crippen molar-refractivity contribution in [2.75, 3.05) is 13.1 Å². The van der Waals surface area contributed by atoms with Gasteiger partial charge < -0.3 is 9.26 Å². The highest BCUT2D eigenvalue weighted by molar-refractivity contribution is 5.58. The zero-order chi connectivity index (χ0) is 14.8. The molecule has 1 aliphatic heterocycles. The zero-order valence-corrected chi connectivity index (χ0v) is 12.7. The first-order chi connectivity index (χ1) is 10.1. The van der Waals surface area contributed by atoms with E-state index in [1.54, 1.807) is 0 Å². The Hall–Kier alpha value is -1.72. The predicted molar refractivity (Wildman–Crippen MR) is 79.8 cm³/mol. The highest BCUT2D eigenvalue weighted by Crippen LogP contribution is 2.21. The molecule has 3 rings (SSSR count). The molecule has 0 aliphatic carbocycles. The zero-order valence-electron chi connectivity index (χ0n) is 12.7. The second-order valence-corrected chi connectivity index (χ2v) is 5.78. The van der Waals surface area contributed by atoms with Gasteiger partial charge in [-0.05, 0) is 26.3 Å². The van der Waals surface area contributed by atoms with Crippen LogP contribution >= 0.6 is 0 Å². The summed E-state index contributed by atoms with van der Waals surface area (Å²) in [7, 11) is 0. The lowest BCUT2D eigenvalue weighted by atomic mass is 10.1. The number of hydrogen-bond donors (Lipinski definition) is 0. The van der Waals surface area contributed by atoms with Crippen LogP contribution in [0.5, 0.6) is 0 Å². The maximum absolute atomic E-state index is 5.74. The number of aryl methyl sites for hydroxylation is 1. The molecular formula is C16H21N3O2. The minimum absolute atomic E-state index is 0.243. The third-order valence-corrected chi connectivity index (χ3v) is 3.71. The highest BCUT2D eigenvalue weighted by Gasteiger charge is 2.24. The summed E-state index contributed by atoms with van der Waals surface area (Å²) >= 11 is 0. The largest absolute Gasteiger partial charge is 0.373 e. The van der Waals surface area contributed by atoms with E-state index in [1.807, 2.05) is 18.2 Å². The summed E-state index contributed by atoms with van der Waals surface area (Å²) in [6.45, 7) is 8.71. The number of nitrogens with zero attached hydrogens (tertiary/aromatic N) is 3. The van der Waals surface area contributed by atoms with E-state index in [2.05, 4.69) is 41.9 Å². The van der Waals surface area contributed by atoms with E-state index >= 15 is 0 Å². The van der Waals surface area contributed by atoms with Crippen molar-refractivity contribution < 1.29 is 9.26 Å². The summed E-state index contributed by atoms with van der Waals surface area (Å²) in [5.41, 5.74) is 2.18. The molecule has 21 heavy (non-hydrogen) atoms. The monoisotopic (exact) mass is 287 g/mol. The van der Waals surface area contributed by atoms with Gasteiger partial charge in [0.05, 0.1) is 18.8 Å². The first kappa shape index (κ1) is 14.2. The number of hydrogen-bond acceptors (Lipinski definition) is 5. The van der Waals surface area contributed by atoms with Crippen molar-refractivity contribution in [1.82, 2.24) is 15.0 Å². The minimum atomic E-state index is 0.243. The van der Waals surface area contributed by atoms with E-state index in [-0.39, 0.29) is 12.2 Å². The number of rotatable bonds is 3. The van der Waals surface area contributed by atoms with Crippen LogP contribution in [0.4, 0.5) is 0 Å². The third-order valence-electron chi connectivity index (χ3n) is 3.71. The molecule has 1 saturated heterocycles. The first-order valence-corrected chi connectivity index (χ1v) is 7.38. The molecule has 0 spiro atoms. The van der Waals surface area contributed by atoms with Gasteiger partial charge in [-0.2, -0.15) is 4.98 Å². The van der Waals surface area contributed by atoms with Crippen molar-refractivity contribution >= 4 is 0 Å². The lowest BCUT2D eigenvalue weighted by Crippen LogP contribution is -2.44. The van der Waals surface area contributed by atoms with Gasteiger partial charge >= 0.3 is 0 Å². The van der Waals surface area contributed by atoms with Gasteiger partial charge in [0, 0.05) is 18.7 Å². The van der Waals surface area contributed by atoms with E-state index in [4.69, 9.17) is 9.26 Å². The van der Waals surface area contributed by atoms with Gasteiger partial charge in [-0.25, -0.2) is 0 Å². The van der Waals surface area contributed by atoms with Crippen molar-refractivity contribution in [3.8, 4) is 11.4 Å². The Morgan fingerprint density at radius 3 is 2.62 bits per heavy atom. The van der Waals surface area contributed by atoms with E-state index in [0.29, 0.717) is 18.3 Å². The van der Waals surface area contributed by atoms with Crippen LogP contribution in [0, 0.1) is 6.92 Å². The molecule has 0 bridgehead atoms. The van der Waals surface area contributed by atoms with Crippen LogP contribution in [0.25, 0.3) is 11.4 Å². The smallest absolute Gasteiger partial charge is 0.241 e. The maximum Gasteiger partial charge on any atom is 0.241 e. The molecule has 5 nitrogen and oxygen atoms in total. The molecular weight excluding hydrogens is 266 g/mol. The summed E-state index contributed by atoms with van der Waals surface area (Å²) in [6.07, 6.45) is 0.486. The molecule has 0 unspecified atom stereocenters. The van der Waals surface area contributed by atoms with Crippen molar-refractivity contribution in [2.24, 2.45) is 0 Å². The van der Waals surface area contributed by atoms with Gasteiger partial charge in [0.25, 0.3) is 0 Å². The maximum atomic E-state index is 5.74. The summed E-state index contributed by atoms with van der Waals surface area (Å²) in [5, 5.41) is 4.11. The normalized spacial score (nSPS) is 23.4. The molecule has 1 aliphatic rings. The Balaban J connectivity index is 1.72. The molecule has 0 radical (unpaired) electrons. The van der Waals surface area contributed by atoms with E-state index in [9.17, 15) is 0 Å². The van der Waals surface area contributed by atoms with Crippen LogP contribution in [0.1, 0.15) is 25.3 Å². The Morgan fingerprint density at radius 1 is 1.19 bits per heavy atom. The second-order valence-electron chi connectivity index (χ2n) is 5.78. The Labute approximate surface area is 124 Å². The average molecular weight is 287 g/mol. The highest BCUT2D eigenvalue weighted by atomic mass is 16.5. The van der Waals surface area contributed by atoms with E-state index in [1.165, 1.54) is 0 Å². The molecule has 5 heteroatoms. The summed E-state index contributed by atoms with van der Waals surface area (Å²) in [4.78, 5) is 6.82.